The summed E-state index contributed by atoms with van der Waals surface area (Å²) in [6, 6.07) is 10.3. The number of pyridine rings is 1. The van der Waals surface area contributed by atoms with Crippen LogP contribution >= 0.6 is 0 Å². The molecule has 3 fully saturated rings. The molecule has 0 bridgehead atoms. The molecule has 3 heterocycles. The molecule has 2 aliphatic heterocycles. The van der Waals surface area contributed by atoms with Crippen molar-refractivity contribution in [3.8, 4) is 0 Å². The van der Waals surface area contributed by atoms with Gasteiger partial charge in [-0.2, -0.15) is 0 Å². The maximum atomic E-state index is 13.2. The Balaban J connectivity index is 1.24. The fourth-order valence-corrected chi connectivity index (χ4v) is 4.49. The van der Waals surface area contributed by atoms with Gasteiger partial charge in [0.05, 0.1) is 18.8 Å². The third kappa shape index (κ3) is 2.84. The first kappa shape index (κ1) is 16.8. The van der Waals surface area contributed by atoms with Gasteiger partial charge in [-0.3, -0.25) is 9.78 Å². The Bertz CT molecular complexity index is 836. The van der Waals surface area contributed by atoms with Gasteiger partial charge in [-0.15, -0.1) is 0 Å². The zero-order valence-corrected chi connectivity index (χ0v) is 14.9. The lowest BCUT2D eigenvalue weighted by Gasteiger charge is -2.42. The number of aromatic nitrogens is 1. The van der Waals surface area contributed by atoms with Crippen LogP contribution in [0.25, 0.3) is 0 Å². The topological polar surface area (TPSA) is 51.7 Å². The van der Waals surface area contributed by atoms with Gasteiger partial charge in [-0.25, -0.2) is 4.39 Å². The number of halogens is 1. The maximum Gasteiger partial charge on any atom is 0.257 e. The molecule has 2 aromatic rings. The van der Waals surface area contributed by atoms with Crippen LogP contribution in [-0.4, -0.2) is 33.7 Å². The van der Waals surface area contributed by atoms with Crippen molar-refractivity contribution in [2.75, 3.05) is 0 Å². The molecule has 1 aliphatic carbocycles. The number of carbonyl (C=O) groups is 1. The van der Waals surface area contributed by atoms with Crippen molar-refractivity contribution in [3.63, 3.8) is 0 Å². The first-order valence-corrected chi connectivity index (χ1v) is 9.41. The minimum atomic E-state index is -0.733. The van der Waals surface area contributed by atoms with Crippen LogP contribution in [-0.2, 0) is 20.9 Å². The van der Waals surface area contributed by atoms with Gasteiger partial charge in [0.15, 0.2) is 5.60 Å². The standard InChI is InChI=1S/C21H21FN2O3/c22-16-5-3-15(4-6-16)18-7-8-19-24(18)20(25)21(27-19)10-17(11-21)26-13-14-2-1-9-23-12-14/h1-6,9,12,17-19H,7-8,10-11,13H2/t17?,18-,19+,21?/m0/s1. The van der Waals surface area contributed by atoms with E-state index in [1.165, 1.54) is 12.1 Å². The maximum absolute atomic E-state index is 13.2. The Morgan fingerprint density at radius 3 is 2.78 bits per heavy atom. The minimum Gasteiger partial charge on any atom is -0.373 e. The molecule has 5 nitrogen and oxygen atoms in total. The van der Waals surface area contributed by atoms with Gasteiger partial charge >= 0.3 is 0 Å². The van der Waals surface area contributed by atoms with Crippen LogP contribution in [0.15, 0.2) is 48.8 Å². The lowest BCUT2D eigenvalue weighted by Crippen LogP contribution is -2.54. The molecule has 6 heteroatoms. The van der Waals surface area contributed by atoms with Gasteiger partial charge in [-0.05, 0) is 42.2 Å². The van der Waals surface area contributed by atoms with Gasteiger partial charge in [0.25, 0.3) is 5.91 Å². The Hall–Kier alpha value is -2.31. The van der Waals surface area contributed by atoms with Crippen LogP contribution in [0.3, 0.4) is 0 Å². The van der Waals surface area contributed by atoms with Crippen molar-refractivity contribution in [2.24, 2.45) is 0 Å². The quantitative estimate of drug-likeness (QED) is 0.830. The summed E-state index contributed by atoms with van der Waals surface area (Å²) in [6.45, 7) is 0.494. The van der Waals surface area contributed by atoms with Gasteiger partial charge in [0.1, 0.15) is 12.0 Å². The largest absolute Gasteiger partial charge is 0.373 e. The van der Waals surface area contributed by atoms with Crippen LogP contribution in [0.5, 0.6) is 0 Å². The highest BCUT2D eigenvalue weighted by atomic mass is 19.1. The molecule has 3 aliphatic rings. The molecule has 0 N–H and O–H groups in total. The Morgan fingerprint density at radius 1 is 1.22 bits per heavy atom. The summed E-state index contributed by atoms with van der Waals surface area (Å²) >= 11 is 0. The number of carbonyl (C=O) groups excluding carboxylic acids is 1. The smallest absolute Gasteiger partial charge is 0.257 e. The van der Waals surface area contributed by atoms with E-state index < -0.39 is 5.60 Å². The molecule has 1 amide bonds. The number of nitrogens with zero attached hydrogens (tertiary/aromatic N) is 2. The average Bonchev–Trinajstić information content (AvgIpc) is 3.19. The van der Waals surface area contributed by atoms with Crippen LogP contribution in [0.4, 0.5) is 4.39 Å². The fourth-order valence-electron chi connectivity index (χ4n) is 4.49. The van der Waals surface area contributed by atoms with Gasteiger partial charge < -0.3 is 14.4 Å². The SMILES string of the molecule is O=C1N2[C@@H](CC[C@H]2c2ccc(F)cc2)OC12CC(OCc1cccnc1)C2. The normalized spacial score (nSPS) is 32.0. The second kappa shape index (κ2) is 6.39. The van der Waals surface area contributed by atoms with E-state index in [0.717, 1.165) is 24.0 Å². The highest BCUT2D eigenvalue weighted by Gasteiger charge is 2.63. The number of benzene rings is 1. The van der Waals surface area contributed by atoms with E-state index >= 15 is 0 Å². The van der Waals surface area contributed by atoms with Gasteiger partial charge in [0.2, 0.25) is 0 Å². The molecule has 1 aromatic carbocycles. The summed E-state index contributed by atoms with van der Waals surface area (Å²) < 4.78 is 25.3. The van der Waals surface area contributed by atoms with E-state index in [1.807, 2.05) is 17.0 Å². The highest BCUT2D eigenvalue weighted by molar-refractivity contribution is 5.89. The van der Waals surface area contributed by atoms with Crippen molar-refractivity contribution in [2.45, 2.75) is 56.3 Å². The molecule has 2 saturated heterocycles. The predicted molar refractivity (Wildman–Crippen MR) is 94.9 cm³/mol. The van der Waals surface area contributed by atoms with E-state index in [0.29, 0.717) is 19.4 Å². The predicted octanol–water partition coefficient (Wildman–Crippen LogP) is 3.36. The molecular weight excluding hydrogens is 347 g/mol. The summed E-state index contributed by atoms with van der Waals surface area (Å²) in [4.78, 5) is 19.1. The molecule has 5 rings (SSSR count). The number of hydrogen-bond acceptors (Lipinski definition) is 4. The lowest BCUT2D eigenvalue weighted by atomic mass is 9.76. The Morgan fingerprint density at radius 2 is 2.04 bits per heavy atom. The third-order valence-corrected chi connectivity index (χ3v) is 5.90. The first-order valence-electron chi connectivity index (χ1n) is 9.41. The fraction of sp³-hybridized carbons (Fsp3) is 0.429. The number of rotatable bonds is 4. The van der Waals surface area contributed by atoms with Gasteiger partial charge in [-0.1, -0.05) is 18.2 Å². The molecule has 1 saturated carbocycles. The first-order chi connectivity index (χ1) is 13.1. The molecule has 2 atom stereocenters. The summed E-state index contributed by atoms with van der Waals surface area (Å²) in [6.07, 6.45) is 6.22. The van der Waals surface area contributed by atoms with E-state index in [2.05, 4.69) is 4.98 Å². The molecule has 0 radical (unpaired) electrons. The summed E-state index contributed by atoms with van der Waals surface area (Å²) in [5.41, 5.74) is 1.26. The molecule has 1 aromatic heterocycles. The van der Waals surface area contributed by atoms with E-state index in [4.69, 9.17) is 9.47 Å². The zero-order chi connectivity index (χ0) is 18.4. The highest BCUT2D eigenvalue weighted by Crippen LogP contribution is 2.51. The van der Waals surface area contributed by atoms with E-state index in [9.17, 15) is 9.18 Å². The Labute approximate surface area is 157 Å². The van der Waals surface area contributed by atoms with Gasteiger partial charge in [0, 0.05) is 25.2 Å². The number of hydrogen-bond donors (Lipinski definition) is 0. The summed E-state index contributed by atoms with van der Waals surface area (Å²) in [7, 11) is 0. The Kier molecular flexibility index (Phi) is 3.98. The third-order valence-electron chi connectivity index (χ3n) is 5.90. The van der Waals surface area contributed by atoms with Crippen molar-refractivity contribution in [1.29, 1.82) is 0 Å². The summed E-state index contributed by atoms with van der Waals surface area (Å²) in [5.74, 6) is -0.207. The second-order valence-corrected chi connectivity index (χ2v) is 7.63. The lowest BCUT2D eigenvalue weighted by molar-refractivity contribution is -0.177. The molecule has 0 unspecified atom stereocenters. The van der Waals surface area contributed by atoms with Crippen molar-refractivity contribution < 1.29 is 18.7 Å². The number of ether oxygens (including phenoxy) is 2. The van der Waals surface area contributed by atoms with E-state index in [1.54, 1.807) is 24.5 Å². The number of fused-ring (bicyclic) bond motifs is 1. The molecular formula is C21H21FN2O3. The molecule has 27 heavy (non-hydrogen) atoms. The van der Waals surface area contributed by atoms with Crippen LogP contribution in [0.2, 0.25) is 0 Å². The number of amides is 1. The molecule has 1 spiro atoms. The average molecular weight is 368 g/mol. The molecule has 140 valence electrons. The minimum absolute atomic E-state index is 0.0263. The monoisotopic (exact) mass is 368 g/mol. The van der Waals surface area contributed by atoms with Crippen molar-refractivity contribution >= 4 is 5.91 Å². The van der Waals surface area contributed by atoms with Crippen LogP contribution in [0.1, 0.15) is 42.9 Å². The summed E-state index contributed by atoms with van der Waals surface area (Å²) in [5, 5.41) is 0. The zero-order valence-electron chi connectivity index (χ0n) is 14.9. The second-order valence-electron chi connectivity index (χ2n) is 7.63. The van der Waals surface area contributed by atoms with Crippen molar-refractivity contribution in [1.82, 2.24) is 9.88 Å². The van der Waals surface area contributed by atoms with E-state index in [-0.39, 0.29) is 30.1 Å². The van der Waals surface area contributed by atoms with Crippen LogP contribution < -0.4 is 0 Å². The van der Waals surface area contributed by atoms with Crippen LogP contribution in [0, 0.1) is 5.82 Å². The van der Waals surface area contributed by atoms with Crippen molar-refractivity contribution in [3.05, 3.63) is 65.7 Å².